The SMILES string of the molecule is CCCCCCN(C(=O)Nc1cccc(Cl)c1)C(CC)c1nc2ccccc2c(=O)n1C. The predicted octanol–water partition coefficient (Wildman–Crippen LogP) is 6.15. The van der Waals surface area contributed by atoms with Gasteiger partial charge in [-0.25, -0.2) is 9.78 Å². The van der Waals surface area contributed by atoms with Crippen LogP contribution >= 0.6 is 11.6 Å². The lowest BCUT2D eigenvalue weighted by molar-refractivity contribution is 0.178. The van der Waals surface area contributed by atoms with Gasteiger partial charge in [0.05, 0.1) is 16.9 Å². The van der Waals surface area contributed by atoms with Gasteiger partial charge in [-0.15, -0.1) is 0 Å². The van der Waals surface area contributed by atoms with Gasteiger partial charge in [0, 0.05) is 24.3 Å². The molecule has 0 saturated carbocycles. The first-order chi connectivity index (χ1) is 15.5. The number of anilines is 1. The maximum Gasteiger partial charge on any atom is 0.322 e. The van der Waals surface area contributed by atoms with E-state index >= 15 is 0 Å². The van der Waals surface area contributed by atoms with E-state index in [-0.39, 0.29) is 17.6 Å². The van der Waals surface area contributed by atoms with Gasteiger partial charge in [-0.3, -0.25) is 9.36 Å². The molecule has 2 amide bonds. The van der Waals surface area contributed by atoms with Crippen LogP contribution in [0.4, 0.5) is 10.5 Å². The average Bonchev–Trinajstić information content (AvgIpc) is 2.79. The molecule has 1 aromatic heterocycles. The molecule has 3 rings (SSSR count). The molecule has 6 nitrogen and oxygen atoms in total. The molecule has 0 radical (unpaired) electrons. The molecule has 32 heavy (non-hydrogen) atoms. The lowest BCUT2D eigenvalue weighted by Crippen LogP contribution is -2.41. The van der Waals surface area contributed by atoms with Crippen molar-refractivity contribution in [2.24, 2.45) is 7.05 Å². The number of rotatable bonds is 9. The highest BCUT2D eigenvalue weighted by Crippen LogP contribution is 2.25. The number of urea groups is 1. The quantitative estimate of drug-likeness (QED) is 0.394. The number of carbonyl (C=O) groups excluding carboxylic acids is 1. The normalized spacial score (nSPS) is 12.0. The van der Waals surface area contributed by atoms with Gasteiger partial charge in [-0.05, 0) is 43.2 Å². The highest BCUT2D eigenvalue weighted by molar-refractivity contribution is 6.30. The molecule has 0 saturated heterocycles. The fourth-order valence-corrected chi connectivity index (χ4v) is 4.14. The topological polar surface area (TPSA) is 67.2 Å². The molecule has 2 aromatic carbocycles. The van der Waals surface area contributed by atoms with Gasteiger partial charge in [0.25, 0.3) is 5.56 Å². The molecule has 0 aliphatic rings. The van der Waals surface area contributed by atoms with E-state index in [1.807, 2.05) is 31.2 Å². The third-order valence-corrected chi connectivity index (χ3v) is 5.90. The first-order valence-electron chi connectivity index (χ1n) is 11.2. The molecule has 1 heterocycles. The number of carbonyl (C=O) groups is 1. The van der Waals surface area contributed by atoms with Crippen molar-refractivity contribution in [1.29, 1.82) is 0 Å². The highest BCUT2D eigenvalue weighted by atomic mass is 35.5. The molecule has 170 valence electrons. The Kier molecular flexibility index (Phi) is 8.28. The maximum atomic E-state index is 13.4. The minimum Gasteiger partial charge on any atom is -0.314 e. The number of para-hydroxylation sites is 1. The lowest BCUT2D eigenvalue weighted by Gasteiger charge is -2.32. The smallest absolute Gasteiger partial charge is 0.314 e. The molecule has 1 atom stereocenters. The first kappa shape index (κ1) is 23.8. The minimum atomic E-state index is -0.335. The van der Waals surface area contributed by atoms with Gasteiger partial charge in [-0.2, -0.15) is 0 Å². The molecule has 0 aliphatic heterocycles. The monoisotopic (exact) mass is 454 g/mol. The number of benzene rings is 2. The summed E-state index contributed by atoms with van der Waals surface area (Å²) in [6, 6.07) is 13.9. The number of aromatic nitrogens is 2. The second-order valence-electron chi connectivity index (χ2n) is 7.97. The van der Waals surface area contributed by atoms with Crippen LogP contribution in [0.5, 0.6) is 0 Å². The zero-order valence-electron chi connectivity index (χ0n) is 19.0. The molecule has 1 N–H and O–H groups in total. The van der Waals surface area contributed by atoms with Crippen LogP contribution in [0.2, 0.25) is 5.02 Å². The van der Waals surface area contributed by atoms with Crippen molar-refractivity contribution in [2.45, 2.75) is 52.0 Å². The van der Waals surface area contributed by atoms with Crippen molar-refractivity contribution in [2.75, 3.05) is 11.9 Å². The number of unbranched alkanes of at least 4 members (excludes halogenated alkanes) is 3. The number of hydrogen-bond donors (Lipinski definition) is 1. The molecule has 3 aromatic rings. The Morgan fingerprint density at radius 2 is 1.91 bits per heavy atom. The summed E-state index contributed by atoms with van der Waals surface area (Å²) in [5, 5.41) is 4.10. The summed E-state index contributed by atoms with van der Waals surface area (Å²) >= 11 is 6.09. The van der Waals surface area contributed by atoms with E-state index < -0.39 is 0 Å². The summed E-state index contributed by atoms with van der Waals surface area (Å²) in [5.74, 6) is 0.591. The van der Waals surface area contributed by atoms with Crippen molar-refractivity contribution in [1.82, 2.24) is 14.5 Å². The van der Waals surface area contributed by atoms with Crippen LogP contribution in [-0.4, -0.2) is 27.0 Å². The Hall–Kier alpha value is -2.86. The summed E-state index contributed by atoms with van der Waals surface area (Å²) in [6.07, 6.45) is 4.79. The molecular formula is C25H31ClN4O2. The third kappa shape index (κ3) is 5.49. The Morgan fingerprint density at radius 1 is 1.12 bits per heavy atom. The van der Waals surface area contributed by atoms with Crippen LogP contribution in [0.3, 0.4) is 0 Å². The number of hydrogen-bond acceptors (Lipinski definition) is 3. The second-order valence-corrected chi connectivity index (χ2v) is 8.41. The molecular weight excluding hydrogens is 424 g/mol. The molecule has 7 heteroatoms. The largest absolute Gasteiger partial charge is 0.322 e. The van der Waals surface area contributed by atoms with Gasteiger partial charge in [-0.1, -0.05) is 62.9 Å². The van der Waals surface area contributed by atoms with Gasteiger partial charge in [0.15, 0.2) is 0 Å². The molecule has 0 aliphatic carbocycles. The van der Waals surface area contributed by atoms with Crippen LogP contribution in [0.25, 0.3) is 10.9 Å². The van der Waals surface area contributed by atoms with E-state index in [1.54, 1.807) is 40.8 Å². The molecule has 0 spiro atoms. The second kappa shape index (κ2) is 11.1. The van der Waals surface area contributed by atoms with Crippen LogP contribution < -0.4 is 10.9 Å². The fraction of sp³-hybridized carbons (Fsp3) is 0.400. The van der Waals surface area contributed by atoms with E-state index in [0.29, 0.717) is 40.4 Å². The fourth-order valence-electron chi connectivity index (χ4n) is 3.94. The van der Waals surface area contributed by atoms with Crippen molar-refractivity contribution in [3.8, 4) is 0 Å². The summed E-state index contributed by atoms with van der Waals surface area (Å²) in [6.45, 7) is 4.75. The summed E-state index contributed by atoms with van der Waals surface area (Å²) in [7, 11) is 1.73. The van der Waals surface area contributed by atoms with Crippen LogP contribution in [0, 0.1) is 0 Å². The van der Waals surface area contributed by atoms with E-state index in [0.717, 1.165) is 25.7 Å². The Morgan fingerprint density at radius 3 is 2.62 bits per heavy atom. The van der Waals surface area contributed by atoms with Crippen LogP contribution in [0.1, 0.15) is 57.8 Å². The van der Waals surface area contributed by atoms with Crippen molar-refractivity contribution >= 4 is 34.2 Å². The lowest BCUT2D eigenvalue weighted by atomic mass is 10.1. The van der Waals surface area contributed by atoms with Crippen LogP contribution in [0.15, 0.2) is 53.3 Å². The standard InChI is InChI=1S/C25H31ClN4O2/c1-4-6-7-10-16-30(25(32)27-19-13-11-12-18(26)17-19)22(5-2)23-28-21-15-9-8-14-20(21)24(31)29(23)3/h8-9,11-15,17,22H,4-7,10,16H2,1-3H3,(H,27,32). The molecule has 0 bridgehead atoms. The molecule has 1 unspecified atom stereocenters. The number of nitrogens with one attached hydrogen (secondary N) is 1. The first-order valence-corrected chi connectivity index (χ1v) is 11.6. The van der Waals surface area contributed by atoms with E-state index in [2.05, 4.69) is 12.2 Å². The van der Waals surface area contributed by atoms with E-state index in [1.165, 1.54) is 0 Å². The maximum absolute atomic E-state index is 13.4. The Labute approximate surface area is 194 Å². The van der Waals surface area contributed by atoms with Gasteiger partial charge in [0.2, 0.25) is 0 Å². The predicted molar refractivity (Wildman–Crippen MR) is 131 cm³/mol. The van der Waals surface area contributed by atoms with Crippen LogP contribution in [-0.2, 0) is 7.05 Å². The number of halogens is 1. The number of amides is 2. The van der Waals surface area contributed by atoms with Gasteiger partial charge in [0.1, 0.15) is 5.82 Å². The molecule has 0 fully saturated rings. The third-order valence-electron chi connectivity index (χ3n) is 5.67. The van der Waals surface area contributed by atoms with Gasteiger partial charge >= 0.3 is 6.03 Å². The summed E-state index contributed by atoms with van der Waals surface area (Å²) < 4.78 is 1.57. The Bertz CT molecular complexity index is 1130. The van der Waals surface area contributed by atoms with Crippen molar-refractivity contribution in [3.63, 3.8) is 0 Å². The van der Waals surface area contributed by atoms with E-state index in [9.17, 15) is 9.59 Å². The summed E-state index contributed by atoms with van der Waals surface area (Å²) in [4.78, 5) is 33.0. The average molecular weight is 455 g/mol. The highest BCUT2D eigenvalue weighted by Gasteiger charge is 2.27. The van der Waals surface area contributed by atoms with E-state index in [4.69, 9.17) is 16.6 Å². The Balaban J connectivity index is 1.97. The minimum absolute atomic E-state index is 0.106. The van der Waals surface area contributed by atoms with Crippen molar-refractivity contribution in [3.05, 3.63) is 69.7 Å². The number of nitrogens with zero attached hydrogens (tertiary/aromatic N) is 3. The van der Waals surface area contributed by atoms with Crippen molar-refractivity contribution < 1.29 is 4.79 Å². The zero-order chi connectivity index (χ0) is 23.1. The summed E-state index contributed by atoms with van der Waals surface area (Å²) in [5.41, 5.74) is 1.17. The zero-order valence-corrected chi connectivity index (χ0v) is 19.7. The van der Waals surface area contributed by atoms with Gasteiger partial charge < -0.3 is 10.2 Å². The number of fused-ring (bicyclic) bond motifs is 1.